The van der Waals surface area contributed by atoms with Gasteiger partial charge in [0, 0.05) is 16.1 Å². The van der Waals surface area contributed by atoms with E-state index in [0.717, 1.165) is 0 Å². The summed E-state index contributed by atoms with van der Waals surface area (Å²) in [5.41, 5.74) is 0.603. The molecule has 2 rings (SSSR count). The maximum atomic E-state index is 13.4. The summed E-state index contributed by atoms with van der Waals surface area (Å²) in [5.74, 6) is 0.175. The zero-order chi connectivity index (χ0) is 14.7. The fourth-order valence-corrected chi connectivity index (χ4v) is 2.29. The van der Waals surface area contributed by atoms with E-state index in [2.05, 4.69) is 15.9 Å². The monoisotopic (exact) mass is 338 g/mol. The Kier molecular flexibility index (Phi) is 4.39. The van der Waals surface area contributed by atoms with Crippen molar-refractivity contribution < 1.29 is 18.7 Å². The van der Waals surface area contributed by atoms with Gasteiger partial charge < -0.3 is 9.47 Å². The Morgan fingerprint density at radius 2 is 1.85 bits per heavy atom. The van der Waals surface area contributed by atoms with Gasteiger partial charge in [-0.25, -0.2) is 4.39 Å². The minimum Gasteiger partial charge on any atom is -0.497 e. The van der Waals surface area contributed by atoms with E-state index in [4.69, 9.17) is 9.47 Å². The molecule has 2 aromatic carbocycles. The van der Waals surface area contributed by atoms with E-state index in [1.807, 2.05) is 0 Å². The van der Waals surface area contributed by atoms with Crippen LogP contribution in [-0.2, 0) is 0 Å². The van der Waals surface area contributed by atoms with Gasteiger partial charge in [-0.05, 0) is 30.3 Å². The van der Waals surface area contributed by atoms with Crippen molar-refractivity contribution in [1.29, 1.82) is 0 Å². The number of halogens is 2. The van der Waals surface area contributed by atoms with Crippen molar-refractivity contribution in [3.8, 4) is 11.5 Å². The SMILES string of the molecule is COc1ccc(C(=O)c2cc(F)cc(Br)c2)c(OC)c1. The molecule has 104 valence electrons. The predicted octanol–water partition coefficient (Wildman–Crippen LogP) is 3.84. The van der Waals surface area contributed by atoms with Crippen molar-refractivity contribution in [3.05, 3.63) is 57.8 Å². The molecular weight excluding hydrogens is 327 g/mol. The largest absolute Gasteiger partial charge is 0.497 e. The molecule has 0 bridgehead atoms. The second-order valence-electron chi connectivity index (χ2n) is 4.05. The first kappa shape index (κ1) is 14.5. The number of rotatable bonds is 4. The summed E-state index contributed by atoms with van der Waals surface area (Å²) >= 11 is 3.17. The molecule has 3 nitrogen and oxygen atoms in total. The van der Waals surface area contributed by atoms with Crippen molar-refractivity contribution in [1.82, 2.24) is 0 Å². The molecule has 0 aromatic heterocycles. The number of methoxy groups -OCH3 is 2. The van der Waals surface area contributed by atoms with Crippen LogP contribution in [0.2, 0.25) is 0 Å². The van der Waals surface area contributed by atoms with E-state index >= 15 is 0 Å². The van der Waals surface area contributed by atoms with Gasteiger partial charge in [0.2, 0.25) is 0 Å². The lowest BCUT2D eigenvalue weighted by atomic mass is 10.0. The van der Waals surface area contributed by atoms with Crippen molar-refractivity contribution in [3.63, 3.8) is 0 Å². The van der Waals surface area contributed by atoms with E-state index in [0.29, 0.717) is 21.5 Å². The third-order valence-corrected chi connectivity index (χ3v) is 3.24. The van der Waals surface area contributed by atoms with E-state index < -0.39 is 5.82 Å². The van der Waals surface area contributed by atoms with Crippen LogP contribution < -0.4 is 9.47 Å². The molecule has 5 heteroatoms. The fourth-order valence-electron chi connectivity index (χ4n) is 1.83. The van der Waals surface area contributed by atoms with Crippen LogP contribution >= 0.6 is 15.9 Å². The number of ketones is 1. The number of ether oxygens (including phenoxy) is 2. The summed E-state index contributed by atoms with van der Waals surface area (Å²) in [6, 6.07) is 8.92. The molecule has 0 radical (unpaired) electrons. The standard InChI is InChI=1S/C15H12BrFO3/c1-19-12-3-4-13(14(8-12)20-2)15(18)9-5-10(16)7-11(17)6-9/h3-8H,1-2H3. The molecule has 0 saturated carbocycles. The Hall–Kier alpha value is -1.88. The smallest absolute Gasteiger partial charge is 0.196 e. The minimum absolute atomic E-state index is 0.250. The average Bonchev–Trinajstić information content (AvgIpc) is 2.44. The molecule has 0 spiro atoms. The van der Waals surface area contributed by atoms with Gasteiger partial charge in [0.05, 0.1) is 19.8 Å². The number of carbonyl (C=O) groups excluding carboxylic acids is 1. The van der Waals surface area contributed by atoms with Crippen LogP contribution in [0, 0.1) is 5.82 Å². The molecule has 2 aromatic rings. The highest BCUT2D eigenvalue weighted by molar-refractivity contribution is 9.10. The molecule has 0 atom stereocenters. The lowest BCUT2D eigenvalue weighted by Gasteiger charge is -2.10. The van der Waals surface area contributed by atoms with Gasteiger partial charge in [0.25, 0.3) is 0 Å². The number of carbonyl (C=O) groups is 1. The Balaban J connectivity index is 2.47. The highest BCUT2D eigenvalue weighted by Crippen LogP contribution is 2.27. The maximum absolute atomic E-state index is 13.4. The summed E-state index contributed by atoms with van der Waals surface area (Å²) in [5, 5.41) is 0. The Morgan fingerprint density at radius 1 is 1.10 bits per heavy atom. The molecule has 0 aliphatic carbocycles. The van der Waals surface area contributed by atoms with E-state index in [-0.39, 0.29) is 11.3 Å². The number of benzene rings is 2. The molecule has 0 saturated heterocycles. The van der Waals surface area contributed by atoms with Gasteiger partial charge in [-0.15, -0.1) is 0 Å². The van der Waals surface area contributed by atoms with Crippen LogP contribution in [0.4, 0.5) is 4.39 Å². The normalized spacial score (nSPS) is 10.2. The quantitative estimate of drug-likeness (QED) is 0.794. The molecule has 0 aliphatic rings. The van der Waals surface area contributed by atoms with E-state index in [1.54, 1.807) is 24.3 Å². The first-order valence-corrected chi connectivity index (χ1v) is 6.57. The highest BCUT2D eigenvalue weighted by Gasteiger charge is 2.16. The van der Waals surface area contributed by atoms with Gasteiger partial charge in [-0.3, -0.25) is 4.79 Å². The lowest BCUT2D eigenvalue weighted by molar-refractivity contribution is 0.103. The fraction of sp³-hybridized carbons (Fsp3) is 0.133. The predicted molar refractivity (Wildman–Crippen MR) is 77.1 cm³/mol. The van der Waals surface area contributed by atoms with Crippen LogP contribution in [0.15, 0.2) is 40.9 Å². The molecule has 0 N–H and O–H groups in total. The third-order valence-electron chi connectivity index (χ3n) is 2.78. The van der Waals surface area contributed by atoms with Gasteiger partial charge in [-0.2, -0.15) is 0 Å². The topological polar surface area (TPSA) is 35.5 Å². The number of hydrogen-bond donors (Lipinski definition) is 0. The minimum atomic E-state index is -0.477. The van der Waals surface area contributed by atoms with Crippen molar-refractivity contribution in [2.24, 2.45) is 0 Å². The van der Waals surface area contributed by atoms with Gasteiger partial charge in [0.1, 0.15) is 17.3 Å². The third kappa shape index (κ3) is 2.99. The van der Waals surface area contributed by atoms with Crippen molar-refractivity contribution in [2.75, 3.05) is 14.2 Å². The summed E-state index contributed by atoms with van der Waals surface area (Å²) in [4.78, 5) is 12.4. The molecule has 0 amide bonds. The molecule has 0 unspecified atom stereocenters. The van der Waals surface area contributed by atoms with Gasteiger partial charge in [0.15, 0.2) is 5.78 Å². The van der Waals surface area contributed by atoms with Crippen molar-refractivity contribution in [2.45, 2.75) is 0 Å². The second-order valence-corrected chi connectivity index (χ2v) is 4.97. The Morgan fingerprint density at radius 3 is 2.45 bits per heavy atom. The zero-order valence-electron chi connectivity index (χ0n) is 10.9. The van der Waals surface area contributed by atoms with Gasteiger partial charge >= 0.3 is 0 Å². The Bertz CT molecular complexity index is 635. The average molecular weight is 339 g/mol. The zero-order valence-corrected chi connectivity index (χ0v) is 12.5. The van der Waals surface area contributed by atoms with Crippen LogP contribution in [0.1, 0.15) is 15.9 Å². The number of hydrogen-bond acceptors (Lipinski definition) is 3. The summed E-state index contributed by atoms with van der Waals surface area (Å²) < 4.78 is 24.1. The van der Waals surface area contributed by atoms with E-state index in [1.165, 1.54) is 26.4 Å². The second kappa shape index (κ2) is 6.05. The van der Waals surface area contributed by atoms with Crippen LogP contribution in [-0.4, -0.2) is 20.0 Å². The molecule has 20 heavy (non-hydrogen) atoms. The highest BCUT2D eigenvalue weighted by atomic mass is 79.9. The van der Waals surface area contributed by atoms with Crippen LogP contribution in [0.3, 0.4) is 0 Å². The first-order valence-electron chi connectivity index (χ1n) is 5.78. The summed E-state index contributed by atoms with van der Waals surface area (Å²) in [6.45, 7) is 0. The molecule has 0 heterocycles. The van der Waals surface area contributed by atoms with Crippen LogP contribution in [0.5, 0.6) is 11.5 Å². The van der Waals surface area contributed by atoms with Crippen LogP contribution in [0.25, 0.3) is 0 Å². The first-order chi connectivity index (χ1) is 9.55. The lowest BCUT2D eigenvalue weighted by Crippen LogP contribution is -2.05. The van der Waals surface area contributed by atoms with E-state index in [9.17, 15) is 9.18 Å². The molecule has 0 fully saturated rings. The van der Waals surface area contributed by atoms with Gasteiger partial charge in [-0.1, -0.05) is 15.9 Å². The maximum Gasteiger partial charge on any atom is 0.196 e. The van der Waals surface area contributed by atoms with Crippen molar-refractivity contribution >= 4 is 21.7 Å². The molecule has 0 aliphatic heterocycles. The summed E-state index contributed by atoms with van der Waals surface area (Å²) in [7, 11) is 2.99. The molecular formula is C15H12BrFO3. The summed E-state index contributed by atoms with van der Waals surface area (Å²) in [6.07, 6.45) is 0. The Labute approximate surface area is 124 Å².